The Morgan fingerprint density at radius 3 is 2.79 bits per heavy atom. The molecule has 0 aliphatic carbocycles. The minimum Gasteiger partial charge on any atom is -0.361 e. The van der Waals surface area contributed by atoms with Crippen LogP contribution in [-0.4, -0.2) is 28.3 Å². The molecule has 122 valence electrons. The fourth-order valence-corrected chi connectivity index (χ4v) is 2.51. The Morgan fingerprint density at radius 1 is 1.12 bits per heavy atom. The maximum absolute atomic E-state index is 11.9. The highest BCUT2D eigenvalue weighted by molar-refractivity contribution is 6.39. The molecule has 2 heterocycles. The first kappa shape index (κ1) is 15.7. The molecule has 0 radical (unpaired) electrons. The molecule has 6 heteroatoms. The molecule has 3 N–H and O–H groups in total. The lowest BCUT2D eigenvalue weighted by molar-refractivity contribution is -0.136. The summed E-state index contributed by atoms with van der Waals surface area (Å²) in [7, 11) is 0. The Balaban J connectivity index is 1.54. The van der Waals surface area contributed by atoms with Crippen molar-refractivity contribution in [1.82, 2.24) is 15.3 Å². The van der Waals surface area contributed by atoms with Crippen LogP contribution in [0.1, 0.15) is 11.1 Å². The zero-order valence-corrected chi connectivity index (χ0v) is 13.3. The van der Waals surface area contributed by atoms with Gasteiger partial charge in [-0.1, -0.05) is 24.3 Å². The highest BCUT2D eigenvalue weighted by Crippen LogP contribution is 2.17. The summed E-state index contributed by atoms with van der Waals surface area (Å²) in [5, 5.41) is 6.27. The number of nitrogens with zero attached hydrogens (tertiary/aromatic N) is 1. The molecule has 0 unspecified atom stereocenters. The van der Waals surface area contributed by atoms with E-state index in [0.717, 1.165) is 22.0 Å². The van der Waals surface area contributed by atoms with Gasteiger partial charge in [0.25, 0.3) is 0 Å². The molecule has 0 bridgehead atoms. The zero-order valence-electron chi connectivity index (χ0n) is 13.3. The maximum Gasteiger partial charge on any atom is 0.314 e. The van der Waals surface area contributed by atoms with Crippen LogP contribution in [0.15, 0.2) is 48.8 Å². The van der Waals surface area contributed by atoms with Gasteiger partial charge in [0.1, 0.15) is 5.82 Å². The molecule has 0 atom stereocenters. The van der Waals surface area contributed by atoms with Crippen molar-refractivity contribution in [2.45, 2.75) is 13.3 Å². The van der Waals surface area contributed by atoms with Gasteiger partial charge < -0.3 is 15.6 Å². The predicted molar refractivity (Wildman–Crippen MR) is 92.6 cm³/mol. The summed E-state index contributed by atoms with van der Waals surface area (Å²) in [5.74, 6) is -0.982. The van der Waals surface area contributed by atoms with E-state index in [2.05, 4.69) is 20.6 Å². The van der Waals surface area contributed by atoms with E-state index < -0.39 is 11.8 Å². The topological polar surface area (TPSA) is 86.9 Å². The number of aromatic amines is 1. The number of rotatable bonds is 4. The molecule has 1 aromatic carbocycles. The number of hydrogen-bond donors (Lipinski definition) is 3. The summed E-state index contributed by atoms with van der Waals surface area (Å²) in [4.78, 5) is 31.0. The molecule has 0 spiro atoms. The number of para-hydroxylation sites is 1. The van der Waals surface area contributed by atoms with Crippen molar-refractivity contribution in [2.24, 2.45) is 0 Å². The van der Waals surface area contributed by atoms with E-state index in [1.165, 1.54) is 0 Å². The molecule has 0 saturated carbocycles. The first-order chi connectivity index (χ1) is 11.6. The Hall–Kier alpha value is -3.15. The molecule has 2 aromatic heterocycles. The monoisotopic (exact) mass is 322 g/mol. The van der Waals surface area contributed by atoms with Gasteiger partial charge in [0.2, 0.25) is 0 Å². The number of benzene rings is 1. The second kappa shape index (κ2) is 6.95. The number of amides is 2. The van der Waals surface area contributed by atoms with Crippen molar-refractivity contribution in [2.75, 3.05) is 11.9 Å². The van der Waals surface area contributed by atoms with Crippen LogP contribution in [0, 0.1) is 6.92 Å². The van der Waals surface area contributed by atoms with Gasteiger partial charge in [-0.15, -0.1) is 0 Å². The van der Waals surface area contributed by atoms with Crippen LogP contribution in [0.25, 0.3) is 10.9 Å². The third kappa shape index (κ3) is 3.43. The van der Waals surface area contributed by atoms with Crippen molar-refractivity contribution in [1.29, 1.82) is 0 Å². The van der Waals surface area contributed by atoms with Crippen LogP contribution in [-0.2, 0) is 16.0 Å². The van der Waals surface area contributed by atoms with Crippen molar-refractivity contribution >= 4 is 28.5 Å². The Kier molecular flexibility index (Phi) is 4.56. The number of hydrogen-bond acceptors (Lipinski definition) is 3. The first-order valence-electron chi connectivity index (χ1n) is 7.71. The van der Waals surface area contributed by atoms with E-state index in [1.807, 2.05) is 43.5 Å². The minimum atomic E-state index is -0.712. The number of fused-ring (bicyclic) bond motifs is 1. The number of aryl methyl sites for hydroxylation is 1. The molecule has 0 aliphatic rings. The van der Waals surface area contributed by atoms with Crippen LogP contribution in [0.5, 0.6) is 0 Å². The van der Waals surface area contributed by atoms with E-state index in [4.69, 9.17) is 0 Å². The van der Waals surface area contributed by atoms with Gasteiger partial charge in [-0.25, -0.2) is 4.98 Å². The van der Waals surface area contributed by atoms with Crippen molar-refractivity contribution in [3.63, 3.8) is 0 Å². The molecule has 6 nitrogen and oxygen atoms in total. The number of aromatic nitrogens is 2. The molecule has 24 heavy (non-hydrogen) atoms. The maximum atomic E-state index is 11.9. The Morgan fingerprint density at radius 2 is 1.96 bits per heavy atom. The van der Waals surface area contributed by atoms with Crippen molar-refractivity contribution in [3.8, 4) is 0 Å². The summed E-state index contributed by atoms with van der Waals surface area (Å²) < 4.78 is 0. The fraction of sp³-hybridized carbons (Fsp3) is 0.167. The molecular formula is C18H18N4O2. The number of carbonyl (C=O) groups excluding carboxylic acids is 2. The highest BCUT2D eigenvalue weighted by atomic mass is 16.2. The molecule has 0 fully saturated rings. The normalized spacial score (nSPS) is 10.5. The molecule has 3 rings (SSSR count). The SMILES string of the molecule is Cc1cccnc1NC(=O)C(=O)NCCc1c[nH]c2ccccc12. The largest absolute Gasteiger partial charge is 0.361 e. The van der Waals surface area contributed by atoms with Gasteiger partial charge >= 0.3 is 11.8 Å². The van der Waals surface area contributed by atoms with Gasteiger partial charge in [-0.3, -0.25) is 9.59 Å². The lowest BCUT2D eigenvalue weighted by atomic mass is 10.1. The van der Waals surface area contributed by atoms with Crippen LogP contribution in [0.4, 0.5) is 5.82 Å². The molecule has 3 aromatic rings. The van der Waals surface area contributed by atoms with Gasteiger partial charge in [0.05, 0.1) is 0 Å². The van der Waals surface area contributed by atoms with E-state index in [0.29, 0.717) is 18.8 Å². The van der Waals surface area contributed by atoms with Crippen LogP contribution in [0.3, 0.4) is 0 Å². The van der Waals surface area contributed by atoms with Gasteiger partial charge in [0, 0.05) is 29.8 Å². The lowest BCUT2D eigenvalue weighted by Crippen LogP contribution is -2.36. The first-order valence-corrected chi connectivity index (χ1v) is 7.71. The van der Waals surface area contributed by atoms with E-state index in [-0.39, 0.29) is 0 Å². The second-order valence-corrected chi connectivity index (χ2v) is 5.49. The van der Waals surface area contributed by atoms with Crippen molar-refractivity contribution in [3.05, 3.63) is 59.9 Å². The molecule has 0 saturated heterocycles. The van der Waals surface area contributed by atoms with Crippen LogP contribution < -0.4 is 10.6 Å². The van der Waals surface area contributed by atoms with Crippen LogP contribution in [0.2, 0.25) is 0 Å². The zero-order chi connectivity index (χ0) is 16.9. The van der Waals surface area contributed by atoms with E-state index in [1.54, 1.807) is 12.3 Å². The van der Waals surface area contributed by atoms with Gasteiger partial charge in [-0.05, 0) is 36.6 Å². The summed E-state index contributed by atoms with van der Waals surface area (Å²) in [6.07, 6.45) is 4.14. The van der Waals surface area contributed by atoms with Crippen LogP contribution >= 0.6 is 0 Å². The smallest absolute Gasteiger partial charge is 0.314 e. The highest BCUT2D eigenvalue weighted by Gasteiger charge is 2.14. The quantitative estimate of drug-likeness (QED) is 0.643. The summed E-state index contributed by atoms with van der Waals surface area (Å²) in [5.41, 5.74) is 2.96. The molecule has 0 aliphatic heterocycles. The van der Waals surface area contributed by atoms with E-state index >= 15 is 0 Å². The summed E-state index contributed by atoms with van der Waals surface area (Å²) in [6, 6.07) is 11.6. The van der Waals surface area contributed by atoms with E-state index in [9.17, 15) is 9.59 Å². The van der Waals surface area contributed by atoms with Gasteiger partial charge in [-0.2, -0.15) is 0 Å². The molecular weight excluding hydrogens is 304 g/mol. The van der Waals surface area contributed by atoms with Gasteiger partial charge in [0.15, 0.2) is 0 Å². The summed E-state index contributed by atoms with van der Waals surface area (Å²) in [6.45, 7) is 2.20. The minimum absolute atomic E-state index is 0.384. The standard InChI is InChI=1S/C18H18N4O2/c1-12-5-4-9-19-16(12)22-18(24)17(23)20-10-8-13-11-21-15-7-3-2-6-14(13)15/h2-7,9,11,21H,8,10H2,1H3,(H,20,23)(H,19,22,24). The number of nitrogens with one attached hydrogen (secondary N) is 3. The number of H-pyrrole nitrogens is 1. The number of anilines is 1. The fourth-order valence-electron chi connectivity index (χ4n) is 2.51. The predicted octanol–water partition coefficient (Wildman–Crippen LogP) is 2.17. The van der Waals surface area contributed by atoms with Crippen molar-refractivity contribution < 1.29 is 9.59 Å². The summed E-state index contributed by atoms with van der Waals surface area (Å²) >= 11 is 0. The Bertz CT molecular complexity index is 885. The third-order valence-electron chi connectivity index (χ3n) is 3.80. The lowest BCUT2D eigenvalue weighted by Gasteiger charge is -2.07. The average molecular weight is 322 g/mol. The molecule has 2 amide bonds. The number of pyridine rings is 1. The second-order valence-electron chi connectivity index (χ2n) is 5.49. The third-order valence-corrected chi connectivity index (χ3v) is 3.80. The average Bonchev–Trinajstić information content (AvgIpc) is 3.00. The number of carbonyl (C=O) groups is 2. The Labute approximate surface area is 139 Å².